The van der Waals surface area contributed by atoms with E-state index in [1.165, 1.54) is 6.42 Å². The van der Waals surface area contributed by atoms with E-state index in [1.54, 1.807) is 26.4 Å². The van der Waals surface area contributed by atoms with Crippen LogP contribution in [0.4, 0.5) is 5.82 Å². The second kappa shape index (κ2) is 6.52. The highest BCUT2D eigenvalue weighted by Gasteiger charge is 2.24. The first kappa shape index (κ1) is 13.8. The third kappa shape index (κ3) is 3.23. The van der Waals surface area contributed by atoms with Crippen molar-refractivity contribution in [3.05, 3.63) is 23.9 Å². The van der Waals surface area contributed by atoms with Crippen molar-refractivity contribution in [2.45, 2.75) is 12.8 Å². The van der Waals surface area contributed by atoms with Gasteiger partial charge < -0.3 is 15.0 Å². The van der Waals surface area contributed by atoms with Crippen LogP contribution in [0.3, 0.4) is 0 Å². The number of anilines is 1. The van der Waals surface area contributed by atoms with E-state index < -0.39 is 0 Å². The van der Waals surface area contributed by atoms with Crippen molar-refractivity contribution < 1.29 is 9.53 Å². The molecule has 1 saturated heterocycles. The largest absolute Gasteiger partial charge is 0.384 e. The zero-order valence-electron chi connectivity index (χ0n) is 11.6. The molecule has 1 aliphatic rings. The molecule has 0 spiro atoms. The summed E-state index contributed by atoms with van der Waals surface area (Å²) in [6.07, 6.45) is 4.02. The lowest BCUT2D eigenvalue weighted by molar-refractivity contribution is 0.0963. The fourth-order valence-corrected chi connectivity index (χ4v) is 2.59. The van der Waals surface area contributed by atoms with Crippen LogP contribution in [0.1, 0.15) is 23.2 Å². The Morgan fingerprint density at radius 3 is 3.21 bits per heavy atom. The molecule has 1 N–H and O–H groups in total. The van der Waals surface area contributed by atoms with Crippen LogP contribution in [0.25, 0.3) is 0 Å². The van der Waals surface area contributed by atoms with Crippen LogP contribution in [0.2, 0.25) is 0 Å². The van der Waals surface area contributed by atoms with E-state index in [1.807, 2.05) is 6.07 Å². The van der Waals surface area contributed by atoms with E-state index >= 15 is 0 Å². The zero-order chi connectivity index (χ0) is 13.7. The summed E-state index contributed by atoms with van der Waals surface area (Å²) in [7, 11) is 3.37. The van der Waals surface area contributed by atoms with Crippen LogP contribution >= 0.6 is 0 Å². The van der Waals surface area contributed by atoms with Crippen molar-refractivity contribution in [2.75, 3.05) is 38.8 Å². The first-order valence-electron chi connectivity index (χ1n) is 6.67. The van der Waals surface area contributed by atoms with Gasteiger partial charge in [0.25, 0.3) is 5.91 Å². The smallest absolute Gasteiger partial charge is 0.254 e. The molecule has 5 nitrogen and oxygen atoms in total. The first-order chi connectivity index (χ1) is 9.26. The van der Waals surface area contributed by atoms with Crippen molar-refractivity contribution >= 4 is 11.7 Å². The maximum absolute atomic E-state index is 11.9. The summed E-state index contributed by atoms with van der Waals surface area (Å²) in [6.45, 7) is 2.61. The normalized spacial score (nSPS) is 19.3. The number of methoxy groups -OCH3 is 1. The van der Waals surface area contributed by atoms with Crippen molar-refractivity contribution in [3.8, 4) is 0 Å². The van der Waals surface area contributed by atoms with Gasteiger partial charge in [0.2, 0.25) is 0 Å². The number of carbonyl (C=O) groups is 1. The molecule has 1 aliphatic heterocycles. The number of carbonyl (C=O) groups excluding carboxylic acids is 1. The number of ether oxygens (including phenoxy) is 1. The fraction of sp³-hybridized carbons (Fsp3) is 0.571. The van der Waals surface area contributed by atoms with E-state index in [-0.39, 0.29) is 5.91 Å². The lowest BCUT2D eigenvalue weighted by Crippen LogP contribution is -2.39. The molecular weight excluding hydrogens is 242 g/mol. The van der Waals surface area contributed by atoms with E-state index in [0.29, 0.717) is 11.5 Å². The van der Waals surface area contributed by atoms with Crippen molar-refractivity contribution in [2.24, 2.45) is 5.92 Å². The average molecular weight is 263 g/mol. The van der Waals surface area contributed by atoms with Gasteiger partial charge in [-0.3, -0.25) is 4.79 Å². The summed E-state index contributed by atoms with van der Waals surface area (Å²) in [6, 6.07) is 3.62. The number of hydrogen-bond donors (Lipinski definition) is 1. The van der Waals surface area contributed by atoms with Crippen LogP contribution in [-0.4, -0.2) is 44.7 Å². The summed E-state index contributed by atoms with van der Waals surface area (Å²) in [5.41, 5.74) is 0.642. The Labute approximate surface area is 114 Å². The van der Waals surface area contributed by atoms with Gasteiger partial charge in [0.15, 0.2) is 0 Å². The summed E-state index contributed by atoms with van der Waals surface area (Å²) in [5, 5.41) is 2.67. The molecule has 2 heterocycles. The quantitative estimate of drug-likeness (QED) is 0.889. The molecule has 104 valence electrons. The van der Waals surface area contributed by atoms with Gasteiger partial charge >= 0.3 is 0 Å². The van der Waals surface area contributed by atoms with Crippen LogP contribution < -0.4 is 10.2 Å². The molecule has 1 aromatic rings. The number of hydrogen-bond acceptors (Lipinski definition) is 4. The van der Waals surface area contributed by atoms with E-state index in [4.69, 9.17) is 4.74 Å². The Morgan fingerprint density at radius 1 is 1.63 bits per heavy atom. The van der Waals surface area contributed by atoms with Gasteiger partial charge in [-0.2, -0.15) is 0 Å². The third-order valence-corrected chi connectivity index (χ3v) is 3.48. The monoisotopic (exact) mass is 263 g/mol. The van der Waals surface area contributed by atoms with E-state index in [9.17, 15) is 4.79 Å². The Kier molecular flexibility index (Phi) is 4.74. The van der Waals surface area contributed by atoms with Gasteiger partial charge in [0.1, 0.15) is 5.82 Å². The molecule has 19 heavy (non-hydrogen) atoms. The van der Waals surface area contributed by atoms with Crippen LogP contribution in [-0.2, 0) is 4.74 Å². The summed E-state index contributed by atoms with van der Waals surface area (Å²) in [4.78, 5) is 18.5. The first-order valence-corrected chi connectivity index (χ1v) is 6.67. The van der Waals surface area contributed by atoms with Gasteiger partial charge in [-0.05, 0) is 30.9 Å². The molecule has 0 radical (unpaired) electrons. The molecule has 0 saturated carbocycles. The summed E-state index contributed by atoms with van der Waals surface area (Å²) in [5.74, 6) is 1.21. The Morgan fingerprint density at radius 2 is 2.47 bits per heavy atom. The highest BCUT2D eigenvalue weighted by atomic mass is 16.5. The van der Waals surface area contributed by atoms with Crippen molar-refractivity contribution in [3.63, 3.8) is 0 Å². The molecule has 1 fully saturated rings. The van der Waals surface area contributed by atoms with Crippen molar-refractivity contribution in [1.29, 1.82) is 0 Å². The number of piperidine rings is 1. The lowest BCUT2D eigenvalue weighted by atomic mass is 9.98. The second-order valence-corrected chi connectivity index (χ2v) is 4.86. The molecular formula is C14H21N3O2. The topological polar surface area (TPSA) is 54.5 Å². The lowest BCUT2D eigenvalue weighted by Gasteiger charge is -2.34. The molecule has 0 bridgehead atoms. The summed E-state index contributed by atoms with van der Waals surface area (Å²) >= 11 is 0. The predicted molar refractivity (Wildman–Crippen MR) is 74.4 cm³/mol. The maximum Gasteiger partial charge on any atom is 0.254 e. The minimum Gasteiger partial charge on any atom is -0.384 e. The van der Waals surface area contributed by atoms with Gasteiger partial charge in [0, 0.05) is 33.4 Å². The third-order valence-electron chi connectivity index (χ3n) is 3.48. The number of rotatable bonds is 4. The van der Waals surface area contributed by atoms with Crippen LogP contribution in [0.15, 0.2) is 18.3 Å². The average Bonchev–Trinajstić information content (AvgIpc) is 2.47. The molecule has 1 aromatic heterocycles. The minimum atomic E-state index is -0.0861. The van der Waals surface area contributed by atoms with Crippen molar-refractivity contribution in [1.82, 2.24) is 10.3 Å². The number of nitrogens with one attached hydrogen (secondary N) is 1. The minimum absolute atomic E-state index is 0.0861. The standard InChI is InChI=1S/C14H21N3O2/c1-15-14(18)12-6-3-7-16-13(12)17-8-4-5-11(9-17)10-19-2/h3,6-7,11H,4-5,8-10H2,1-2H3,(H,15,18). The highest BCUT2D eigenvalue weighted by molar-refractivity contribution is 5.98. The van der Waals surface area contributed by atoms with Gasteiger partial charge in [-0.15, -0.1) is 0 Å². The summed E-state index contributed by atoms with van der Waals surface area (Å²) < 4.78 is 5.24. The van der Waals surface area contributed by atoms with E-state index in [2.05, 4.69) is 15.2 Å². The van der Waals surface area contributed by atoms with Gasteiger partial charge in [-0.25, -0.2) is 4.98 Å². The second-order valence-electron chi connectivity index (χ2n) is 4.86. The Balaban J connectivity index is 2.19. The SMILES string of the molecule is CNC(=O)c1cccnc1N1CCCC(COC)C1. The molecule has 0 aromatic carbocycles. The predicted octanol–water partition coefficient (Wildman–Crippen LogP) is 1.30. The molecule has 5 heteroatoms. The molecule has 1 atom stereocenters. The molecule has 2 rings (SSSR count). The van der Waals surface area contributed by atoms with Crippen LogP contribution in [0, 0.1) is 5.92 Å². The number of aromatic nitrogens is 1. The Hall–Kier alpha value is -1.62. The highest BCUT2D eigenvalue weighted by Crippen LogP contribution is 2.24. The number of amides is 1. The van der Waals surface area contributed by atoms with E-state index in [0.717, 1.165) is 31.9 Å². The zero-order valence-corrected chi connectivity index (χ0v) is 11.6. The Bertz CT molecular complexity index is 434. The molecule has 1 unspecified atom stereocenters. The van der Waals surface area contributed by atoms with Crippen LogP contribution in [0.5, 0.6) is 0 Å². The molecule has 0 aliphatic carbocycles. The van der Waals surface area contributed by atoms with Gasteiger partial charge in [0.05, 0.1) is 12.2 Å². The van der Waals surface area contributed by atoms with Gasteiger partial charge in [-0.1, -0.05) is 0 Å². The number of pyridine rings is 1. The maximum atomic E-state index is 11.9. The molecule has 1 amide bonds. The number of nitrogens with zero attached hydrogens (tertiary/aromatic N) is 2. The fourth-order valence-electron chi connectivity index (χ4n) is 2.59.